The van der Waals surface area contributed by atoms with Crippen molar-refractivity contribution in [3.8, 4) is 17.2 Å². The van der Waals surface area contributed by atoms with E-state index < -0.39 is 142 Å². The van der Waals surface area contributed by atoms with Crippen LogP contribution in [-0.4, -0.2) is 205 Å². The molecule has 1 amide bonds. The Labute approximate surface area is 514 Å². The average molecular weight is 1240 g/mol. The number of amides is 1. The molecule has 3 fully saturated rings. The van der Waals surface area contributed by atoms with Crippen LogP contribution < -0.4 is 25.3 Å². The maximum Gasteiger partial charge on any atom is 0.240 e. The molecule has 25 heteroatoms. The number of hydrogen-bond donors (Lipinski definition) is 18. The van der Waals surface area contributed by atoms with E-state index in [0.29, 0.717) is 5.69 Å². The molecule has 3 unspecified atom stereocenters. The van der Waals surface area contributed by atoms with Crippen LogP contribution in [0.3, 0.4) is 0 Å². The van der Waals surface area contributed by atoms with Crippen molar-refractivity contribution in [1.82, 2.24) is 19.9 Å². The second-order valence-electron chi connectivity index (χ2n) is 23.3. The van der Waals surface area contributed by atoms with Crippen LogP contribution in [0.25, 0.3) is 0 Å². The first-order valence-corrected chi connectivity index (χ1v) is 29.5. The average Bonchev–Trinajstić information content (AvgIpc) is 1.67. The number of carbonyl (C=O) groups excluding carboxylic acids is 1. The Morgan fingerprint density at radius 3 is 0.844 bits per heavy atom. The molecule has 12 rings (SSSR count). The van der Waals surface area contributed by atoms with E-state index in [1.807, 2.05) is 109 Å². The van der Waals surface area contributed by atoms with Crippen molar-refractivity contribution in [2.24, 2.45) is 5.73 Å². The van der Waals surface area contributed by atoms with Gasteiger partial charge in [-0.25, -0.2) is 0 Å². The Morgan fingerprint density at radius 1 is 0.389 bits per heavy atom. The predicted molar refractivity (Wildman–Crippen MR) is 318 cm³/mol. The highest BCUT2D eigenvalue weighted by Gasteiger charge is 2.47. The topological polar surface area (TPSA) is 416 Å². The van der Waals surface area contributed by atoms with E-state index >= 15 is 0 Å². The summed E-state index contributed by atoms with van der Waals surface area (Å²) in [6, 6.07) is 43.9. The first kappa shape index (κ1) is 62.4. The fraction of sp³-hybridized carbons (Fsp3) is 0.369. The minimum atomic E-state index is -1.66. The number of ether oxygens (including phenoxy) is 6. The van der Waals surface area contributed by atoms with Gasteiger partial charge in [0, 0.05) is 51.2 Å². The molecule has 476 valence electrons. The van der Waals surface area contributed by atoms with Gasteiger partial charge in [-0.2, -0.15) is 0 Å². The molecular formula is C65H72N6O19. The molecule has 4 aliphatic rings. The lowest BCUT2D eigenvalue weighted by Gasteiger charge is -2.39. The molecule has 0 spiro atoms. The van der Waals surface area contributed by atoms with Gasteiger partial charge in [-0.1, -0.05) is 48.5 Å². The summed E-state index contributed by atoms with van der Waals surface area (Å²) in [4.78, 5) is 27.9. The van der Waals surface area contributed by atoms with E-state index in [4.69, 9.17) is 34.2 Å². The molecule has 18 atom stereocenters. The number of benzene rings is 4. The number of aromatic amines is 4. The maximum atomic E-state index is 12.7. The first-order chi connectivity index (χ1) is 43.4. The van der Waals surface area contributed by atoms with Crippen molar-refractivity contribution in [2.75, 3.05) is 25.1 Å². The van der Waals surface area contributed by atoms with Gasteiger partial charge >= 0.3 is 0 Å². The van der Waals surface area contributed by atoms with Crippen LogP contribution >= 0.6 is 0 Å². The summed E-state index contributed by atoms with van der Waals surface area (Å²) in [5.74, 6) is -1.65. The third-order valence-electron chi connectivity index (χ3n) is 17.3. The Hall–Kier alpha value is -7.77. The van der Waals surface area contributed by atoms with Crippen LogP contribution in [0.15, 0.2) is 146 Å². The molecule has 8 heterocycles. The Bertz CT molecular complexity index is 3510. The van der Waals surface area contributed by atoms with Crippen LogP contribution in [0.5, 0.6) is 17.2 Å². The largest absolute Gasteiger partial charge is 0.462 e. The summed E-state index contributed by atoms with van der Waals surface area (Å²) in [7, 11) is 0. The van der Waals surface area contributed by atoms with Crippen molar-refractivity contribution in [1.29, 1.82) is 0 Å². The second-order valence-corrected chi connectivity index (χ2v) is 23.3. The van der Waals surface area contributed by atoms with Crippen molar-refractivity contribution in [3.63, 3.8) is 0 Å². The van der Waals surface area contributed by atoms with Gasteiger partial charge in [0.1, 0.15) is 90.5 Å². The molecular weight excluding hydrogens is 1170 g/mol. The van der Waals surface area contributed by atoms with Gasteiger partial charge in [0.15, 0.2) is 0 Å². The number of anilines is 1. The summed E-state index contributed by atoms with van der Waals surface area (Å²) in [6.45, 7) is -0.295. The van der Waals surface area contributed by atoms with Crippen LogP contribution in [-0.2, 0) is 19.0 Å². The lowest BCUT2D eigenvalue weighted by Crippen LogP contribution is -2.60. The Morgan fingerprint density at radius 2 is 0.622 bits per heavy atom. The van der Waals surface area contributed by atoms with E-state index in [-0.39, 0.29) is 23.2 Å². The van der Waals surface area contributed by atoms with Crippen molar-refractivity contribution < 1.29 is 94.5 Å². The molecule has 8 bridgehead atoms. The van der Waals surface area contributed by atoms with E-state index in [1.54, 1.807) is 43.3 Å². The third kappa shape index (κ3) is 12.3. The van der Waals surface area contributed by atoms with Gasteiger partial charge in [-0.05, 0) is 126 Å². The highest BCUT2D eigenvalue weighted by molar-refractivity contribution is 5.94. The number of hydrogen-bond acceptors (Lipinski definition) is 20. The number of aliphatic hydroxyl groups excluding tert-OH is 12. The molecule has 0 saturated carbocycles. The summed E-state index contributed by atoms with van der Waals surface area (Å²) >= 11 is 0. The zero-order valence-electron chi connectivity index (χ0n) is 48.3. The molecule has 3 saturated heterocycles. The van der Waals surface area contributed by atoms with E-state index in [2.05, 4.69) is 25.3 Å². The number of nitrogens with one attached hydrogen (secondary N) is 5. The Kier molecular flexibility index (Phi) is 18.2. The van der Waals surface area contributed by atoms with E-state index in [9.17, 15) is 66.1 Å². The number of carbonyl (C=O) groups is 1. The quantitative estimate of drug-likeness (QED) is 0.0676. The third-order valence-corrected chi connectivity index (χ3v) is 17.3. The van der Waals surface area contributed by atoms with Gasteiger partial charge < -0.3 is 121 Å². The lowest BCUT2D eigenvalue weighted by molar-refractivity contribution is -0.277. The molecule has 0 radical (unpaired) electrons. The fourth-order valence-electron chi connectivity index (χ4n) is 12.3. The van der Waals surface area contributed by atoms with Crippen molar-refractivity contribution >= 4 is 11.6 Å². The smallest absolute Gasteiger partial charge is 0.240 e. The number of H-pyrrole nitrogens is 4. The SMILES string of the molecule is CC(N)C(=O)Nc1ccc(C2c3ccc([nH]3)C(c3ccc(O[C@@H]4O[C@@H](CO)[C@@H](O)[C@H](O)[C@@H]4O)cc3)c3ccc([nH]3)C(c3ccc(O[C@@H]4O[C@@H](CO)[C@@H](O)[C@H](O)[C@@H]4O)cc3)c3ccc([nH]3)C(c3ccc(O[C@@H]4O[C@@H](CO)[C@@H](O)[C@H](O)[C@@H]4O)cc3)c3ccc2[nH]3)cc1. The molecule has 4 aromatic heterocycles. The van der Waals surface area contributed by atoms with E-state index in [1.165, 1.54) is 0 Å². The van der Waals surface area contributed by atoms with Crippen LogP contribution in [0.2, 0.25) is 0 Å². The number of aromatic nitrogens is 4. The van der Waals surface area contributed by atoms with Crippen LogP contribution in [0.4, 0.5) is 5.69 Å². The number of rotatable bonds is 15. The number of fused-ring (bicyclic) bond motifs is 8. The number of nitrogens with two attached hydrogens (primary N) is 1. The standard InChI is InChI=1S/C65H72N6O19/c1-29(66)62(84)67-34-10-2-30(3-11-34)49-38-18-20-40(68-38)50(31-4-12-35(13-5-31)85-63-59(81)56(78)53(75)46(26-72)88-63)42-22-24-44(70-42)52(33-8-16-37(17-9-33)87-65-61(83)58(80)55(77)48(28-74)90-65)45-25-23-43(71-45)51(41-21-19-39(49)69-41)32-6-14-36(15-7-32)86-64-60(82)57(79)54(76)47(27-73)89-64/h2-25,29,46-61,63-65,68-83H,26-28,66H2,1H3,(H,67,84)/t29?,46-,47-,48-,49?,50?,51?,52?,53+,54+,55+,56-,57-,58-,59-,60-,61-,63+,64+,65+/m0/s1. The van der Waals surface area contributed by atoms with Crippen molar-refractivity contribution in [3.05, 3.63) is 213 Å². The number of aliphatic hydroxyl groups is 12. The molecule has 25 nitrogen and oxygen atoms in total. The summed E-state index contributed by atoms with van der Waals surface area (Å²) in [5.41, 5.74) is 15.8. The van der Waals surface area contributed by atoms with Gasteiger partial charge in [0.2, 0.25) is 24.8 Å². The summed E-state index contributed by atoms with van der Waals surface area (Å²) in [6.07, 6.45) is -22.4. The Balaban J connectivity index is 0.964. The summed E-state index contributed by atoms with van der Waals surface area (Å²) < 4.78 is 35.0. The highest BCUT2D eigenvalue weighted by atomic mass is 16.7. The fourth-order valence-corrected chi connectivity index (χ4v) is 12.3. The summed E-state index contributed by atoms with van der Waals surface area (Å²) in [5, 5.41) is 128. The zero-order valence-corrected chi connectivity index (χ0v) is 48.3. The molecule has 0 aliphatic carbocycles. The highest BCUT2D eigenvalue weighted by Crippen LogP contribution is 2.43. The van der Waals surface area contributed by atoms with Crippen LogP contribution in [0, 0.1) is 0 Å². The monoisotopic (exact) mass is 1240 g/mol. The van der Waals surface area contributed by atoms with Gasteiger partial charge in [-0.3, -0.25) is 4.79 Å². The van der Waals surface area contributed by atoms with Gasteiger partial charge in [-0.15, -0.1) is 0 Å². The minimum absolute atomic E-state index is 0.251. The molecule has 4 aromatic carbocycles. The minimum Gasteiger partial charge on any atom is -0.462 e. The normalized spacial score (nSPS) is 31.3. The van der Waals surface area contributed by atoms with Gasteiger partial charge in [0.05, 0.1) is 49.5 Å². The van der Waals surface area contributed by atoms with Crippen molar-refractivity contribution in [2.45, 2.75) is 129 Å². The molecule has 8 aromatic rings. The zero-order chi connectivity index (χ0) is 63.2. The molecule has 4 aliphatic heterocycles. The predicted octanol–water partition coefficient (Wildman–Crippen LogP) is 0.855. The maximum absolute atomic E-state index is 12.7. The van der Waals surface area contributed by atoms with Gasteiger partial charge in [0.25, 0.3) is 0 Å². The molecule has 90 heavy (non-hydrogen) atoms. The first-order valence-electron chi connectivity index (χ1n) is 29.5. The van der Waals surface area contributed by atoms with Crippen LogP contribution in [0.1, 0.15) is 98.4 Å². The second kappa shape index (κ2) is 26.2. The molecule has 19 N–H and O–H groups in total. The van der Waals surface area contributed by atoms with E-state index in [0.717, 1.165) is 67.8 Å². The lowest BCUT2D eigenvalue weighted by atomic mass is 9.92.